The molecular formula is C20H24F3N3O2. The van der Waals surface area contributed by atoms with Crippen LogP contribution in [-0.4, -0.2) is 30.0 Å². The fraction of sp³-hybridized carbons (Fsp3) is 0.400. The molecule has 0 aliphatic carbocycles. The fourth-order valence-corrected chi connectivity index (χ4v) is 2.83. The van der Waals surface area contributed by atoms with Gasteiger partial charge >= 0.3 is 6.18 Å². The van der Waals surface area contributed by atoms with Gasteiger partial charge < -0.3 is 15.2 Å². The van der Waals surface area contributed by atoms with E-state index in [2.05, 4.69) is 10.2 Å². The first-order chi connectivity index (χ1) is 13.2. The molecule has 0 radical (unpaired) electrons. The zero-order valence-electron chi connectivity index (χ0n) is 15.8. The number of alkyl halides is 3. The van der Waals surface area contributed by atoms with Crippen molar-refractivity contribution in [3.05, 3.63) is 64.1 Å². The minimum Gasteiger partial charge on any atom is -0.371 e. The molecular weight excluding hydrogens is 371 g/mol. The number of halogens is 3. The average molecular weight is 395 g/mol. The summed E-state index contributed by atoms with van der Waals surface area (Å²) in [5, 5.41) is 2.96. The van der Waals surface area contributed by atoms with Gasteiger partial charge in [-0.2, -0.15) is 13.2 Å². The third-order valence-corrected chi connectivity index (χ3v) is 4.13. The van der Waals surface area contributed by atoms with Crippen LogP contribution in [0.1, 0.15) is 42.6 Å². The number of aromatic amines is 1. The van der Waals surface area contributed by atoms with E-state index in [0.717, 1.165) is 36.5 Å². The number of benzene rings is 1. The topological polar surface area (TPSA) is 65.2 Å². The third-order valence-electron chi connectivity index (χ3n) is 4.13. The summed E-state index contributed by atoms with van der Waals surface area (Å²) < 4.78 is 35.4. The Bertz CT molecular complexity index is 821. The zero-order chi connectivity index (χ0) is 20.7. The van der Waals surface area contributed by atoms with E-state index in [0.29, 0.717) is 6.20 Å². The van der Waals surface area contributed by atoms with Gasteiger partial charge in [-0.3, -0.25) is 9.59 Å². The van der Waals surface area contributed by atoms with Crippen LogP contribution >= 0.6 is 0 Å². The maximum absolute atomic E-state index is 12.1. The maximum Gasteiger partial charge on any atom is 0.417 e. The van der Waals surface area contributed by atoms with Crippen molar-refractivity contribution >= 4 is 11.6 Å². The van der Waals surface area contributed by atoms with E-state index in [4.69, 9.17) is 0 Å². The van der Waals surface area contributed by atoms with Gasteiger partial charge in [0.2, 0.25) is 5.56 Å². The molecule has 3 rings (SSSR count). The number of carbonyl (C=O) groups is 1. The van der Waals surface area contributed by atoms with Crippen LogP contribution in [0.3, 0.4) is 0 Å². The normalized spacial score (nSPS) is 13.9. The number of anilines is 1. The molecule has 0 saturated carbocycles. The van der Waals surface area contributed by atoms with Gasteiger partial charge in [0.15, 0.2) is 0 Å². The molecule has 28 heavy (non-hydrogen) atoms. The lowest BCUT2D eigenvalue weighted by Crippen LogP contribution is -2.32. The van der Waals surface area contributed by atoms with Crippen LogP contribution in [0.5, 0.6) is 0 Å². The molecule has 2 aromatic rings. The molecule has 5 nitrogen and oxygen atoms in total. The molecule has 0 unspecified atom stereocenters. The number of H-pyrrole nitrogens is 1. The van der Waals surface area contributed by atoms with Crippen LogP contribution in [0.15, 0.2) is 47.4 Å². The van der Waals surface area contributed by atoms with Crippen LogP contribution in [-0.2, 0) is 6.18 Å². The van der Waals surface area contributed by atoms with Crippen molar-refractivity contribution in [2.45, 2.75) is 38.9 Å². The van der Waals surface area contributed by atoms with Crippen molar-refractivity contribution in [3.8, 4) is 0 Å². The maximum atomic E-state index is 12.1. The Kier molecular flexibility index (Phi) is 7.25. The second-order valence-electron chi connectivity index (χ2n) is 6.78. The Hall–Kier alpha value is -2.77. The first-order valence-corrected chi connectivity index (χ1v) is 9.09. The predicted octanol–water partition coefficient (Wildman–Crippen LogP) is 3.82. The fourth-order valence-electron chi connectivity index (χ4n) is 2.83. The van der Waals surface area contributed by atoms with Crippen LogP contribution in [0, 0.1) is 0 Å². The molecule has 1 amide bonds. The van der Waals surface area contributed by atoms with E-state index in [9.17, 15) is 22.8 Å². The number of nitrogens with zero attached hydrogens (tertiary/aromatic N) is 1. The predicted molar refractivity (Wildman–Crippen MR) is 103 cm³/mol. The summed E-state index contributed by atoms with van der Waals surface area (Å²) in [5.41, 5.74) is 0.473. The van der Waals surface area contributed by atoms with Gasteiger partial charge in [-0.15, -0.1) is 0 Å². The Morgan fingerprint density at radius 2 is 1.75 bits per heavy atom. The Morgan fingerprint density at radius 1 is 1.11 bits per heavy atom. The molecule has 2 heterocycles. The summed E-state index contributed by atoms with van der Waals surface area (Å²) in [6.07, 6.45) is -1.30. The van der Waals surface area contributed by atoms with Gasteiger partial charge in [-0.25, -0.2) is 0 Å². The van der Waals surface area contributed by atoms with Crippen molar-refractivity contribution in [1.29, 1.82) is 0 Å². The Labute approximate surface area is 161 Å². The van der Waals surface area contributed by atoms with Crippen LogP contribution in [0.2, 0.25) is 0 Å². The standard InChI is InChI=1S/C14H20N2O.C6H4F3NO/c1-11(2)15-14(17)12-7-3-4-8-13(12)16-9-5-6-10-16;7-6(8,9)4-1-2-5(11)10-3-4/h3-4,7-8,11H,5-6,9-10H2,1-2H3,(H,15,17);1-3H,(H,10,11). The van der Waals surface area contributed by atoms with Gasteiger partial charge in [-0.05, 0) is 44.9 Å². The van der Waals surface area contributed by atoms with Gasteiger partial charge in [0.25, 0.3) is 5.91 Å². The number of carbonyl (C=O) groups excluding carboxylic acids is 1. The van der Waals surface area contributed by atoms with Gasteiger partial charge in [-0.1, -0.05) is 12.1 Å². The van der Waals surface area contributed by atoms with E-state index < -0.39 is 17.3 Å². The second kappa shape index (κ2) is 9.43. The molecule has 1 aliphatic heterocycles. The zero-order valence-corrected chi connectivity index (χ0v) is 15.8. The van der Waals surface area contributed by atoms with Gasteiger partial charge in [0.1, 0.15) is 0 Å². The molecule has 1 aromatic carbocycles. The van der Waals surface area contributed by atoms with E-state index in [1.807, 2.05) is 43.1 Å². The quantitative estimate of drug-likeness (QED) is 0.831. The van der Waals surface area contributed by atoms with Crippen molar-refractivity contribution < 1.29 is 18.0 Å². The summed E-state index contributed by atoms with van der Waals surface area (Å²) in [6, 6.07) is 9.62. The largest absolute Gasteiger partial charge is 0.417 e. The molecule has 1 saturated heterocycles. The minimum atomic E-state index is -4.38. The monoisotopic (exact) mass is 395 g/mol. The van der Waals surface area contributed by atoms with Crippen molar-refractivity contribution in [3.63, 3.8) is 0 Å². The number of para-hydroxylation sites is 1. The first-order valence-electron chi connectivity index (χ1n) is 9.09. The average Bonchev–Trinajstić information content (AvgIpc) is 3.16. The van der Waals surface area contributed by atoms with Crippen molar-refractivity contribution in [1.82, 2.24) is 10.3 Å². The lowest BCUT2D eigenvalue weighted by molar-refractivity contribution is -0.137. The van der Waals surface area contributed by atoms with Crippen molar-refractivity contribution in [2.75, 3.05) is 18.0 Å². The summed E-state index contributed by atoms with van der Waals surface area (Å²) in [6.45, 7) is 6.09. The number of nitrogens with one attached hydrogen (secondary N) is 2. The smallest absolute Gasteiger partial charge is 0.371 e. The number of pyridine rings is 1. The lowest BCUT2D eigenvalue weighted by Gasteiger charge is -2.21. The highest BCUT2D eigenvalue weighted by atomic mass is 19.4. The first kappa shape index (κ1) is 21.5. The van der Waals surface area contributed by atoms with Gasteiger partial charge in [0, 0.05) is 37.1 Å². The van der Waals surface area contributed by atoms with Crippen molar-refractivity contribution in [2.24, 2.45) is 0 Å². The number of hydrogen-bond acceptors (Lipinski definition) is 3. The summed E-state index contributed by atoms with van der Waals surface area (Å²) in [7, 11) is 0. The highest BCUT2D eigenvalue weighted by Crippen LogP contribution is 2.27. The summed E-state index contributed by atoms with van der Waals surface area (Å²) >= 11 is 0. The van der Waals surface area contributed by atoms with E-state index >= 15 is 0 Å². The number of aromatic nitrogens is 1. The number of rotatable bonds is 3. The SMILES string of the molecule is CC(C)NC(=O)c1ccccc1N1CCCC1.O=c1ccc(C(F)(F)F)c[nH]1. The van der Waals surface area contributed by atoms with Gasteiger partial charge in [0.05, 0.1) is 11.1 Å². The number of hydrogen-bond donors (Lipinski definition) is 2. The molecule has 152 valence electrons. The summed E-state index contributed by atoms with van der Waals surface area (Å²) in [4.78, 5) is 26.7. The van der Waals surface area contributed by atoms with Crippen LogP contribution in [0.25, 0.3) is 0 Å². The highest BCUT2D eigenvalue weighted by molar-refractivity contribution is 6.00. The number of amides is 1. The second-order valence-corrected chi connectivity index (χ2v) is 6.78. The minimum absolute atomic E-state index is 0.0301. The molecule has 1 fully saturated rings. The van der Waals surface area contributed by atoms with Crippen LogP contribution < -0.4 is 15.8 Å². The lowest BCUT2D eigenvalue weighted by atomic mass is 10.1. The molecule has 0 atom stereocenters. The molecule has 2 N–H and O–H groups in total. The van der Waals surface area contributed by atoms with Crippen LogP contribution in [0.4, 0.5) is 18.9 Å². The Morgan fingerprint density at radius 3 is 2.29 bits per heavy atom. The van der Waals surface area contributed by atoms with E-state index in [1.54, 1.807) is 0 Å². The van der Waals surface area contributed by atoms with E-state index in [-0.39, 0.29) is 11.9 Å². The highest BCUT2D eigenvalue weighted by Gasteiger charge is 2.30. The molecule has 1 aliphatic rings. The molecule has 8 heteroatoms. The van der Waals surface area contributed by atoms with E-state index in [1.165, 1.54) is 12.8 Å². The molecule has 0 bridgehead atoms. The summed E-state index contributed by atoms with van der Waals surface area (Å²) in [5.74, 6) is 0.0301. The Balaban J connectivity index is 0.000000221. The molecule has 0 spiro atoms. The third kappa shape index (κ3) is 6.14. The molecule has 1 aromatic heterocycles.